The fraction of sp³-hybridized carbons (Fsp3) is 0.0417. The molecule has 0 saturated carbocycles. The van der Waals surface area contributed by atoms with Gasteiger partial charge in [-0.3, -0.25) is 9.59 Å². The molecule has 0 bridgehead atoms. The highest BCUT2D eigenvalue weighted by Gasteiger charge is 2.26. The molecule has 9 heteroatoms. The van der Waals surface area contributed by atoms with Gasteiger partial charge in [0.15, 0.2) is 17.8 Å². The molecule has 33 heavy (non-hydrogen) atoms. The lowest BCUT2D eigenvalue weighted by Gasteiger charge is -2.14. The molecule has 166 valence electrons. The fourth-order valence-electron chi connectivity index (χ4n) is 3.34. The van der Waals surface area contributed by atoms with Crippen molar-refractivity contribution in [1.82, 2.24) is 4.98 Å². The third-order valence-electron chi connectivity index (χ3n) is 4.91. The molecule has 0 fully saturated rings. The van der Waals surface area contributed by atoms with E-state index < -0.39 is 29.4 Å². The Balaban J connectivity index is 1.55. The molecule has 0 saturated heterocycles. The summed E-state index contributed by atoms with van der Waals surface area (Å²) < 4.78 is 33.9. The second-order valence-electron chi connectivity index (χ2n) is 7.06. The predicted molar refractivity (Wildman–Crippen MR) is 119 cm³/mol. The standard InChI is InChI=1S/C24H15ClF2N2O4/c25-16-2-1-3-18(23(16)27)29-21(30)9-5-13-4-7-15(17(26)10-13)22(24(31)32)14-6-8-20-19(11-14)28-12-33-20/h1-12,22H,(H,29,30)(H,31,32). The quantitative estimate of drug-likeness (QED) is 0.358. The first kappa shape index (κ1) is 22.2. The van der Waals surface area contributed by atoms with Gasteiger partial charge in [0.25, 0.3) is 0 Å². The van der Waals surface area contributed by atoms with Crippen LogP contribution in [0.3, 0.4) is 0 Å². The van der Waals surface area contributed by atoms with Crippen molar-refractivity contribution in [3.8, 4) is 0 Å². The summed E-state index contributed by atoms with van der Waals surface area (Å²) in [5.41, 5.74) is 1.46. The van der Waals surface area contributed by atoms with Gasteiger partial charge in [-0.05, 0) is 47.5 Å². The number of halogens is 3. The van der Waals surface area contributed by atoms with Crippen LogP contribution < -0.4 is 5.32 Å². The van der Waals surface area contributed by atoms with E-state index in [4.69, 9.17) is 16.0 Å². The molecule has 0 aliphatic carbocycles. The third-order valence-corrected chi connectivity index (χ3v) is 5.20. The normalized spacial score (nSPS) is 12.2. The lowest BCUT2D eigenvalue weighted by molar-refractivity contribution is -0.137. The Morgan fingerprint density at radius 3 is 2.70 bits per heavy atom. The van der Waals surface area contributed by atoms with E-state index in [-0.39, 0.29) is 16.3 Å². The smallest absolute Gasteiger partial charge is 0.315 e. The molecule has 6 nitrogen and oxygen atoms in total. The van der Waals surface area contributed by atoms with Crippen LogP contribution in [0, 0.1) is 11.6 Å². The van der Waals surface area contributed by atoms with Gasteiger partial charge < -0.3 is 14.8 Å². The van der Waals surface area contributed by atoms with Gasteiger partial charge in [0.2, 0.25) is 5.91 Å². The lowest BCUT2D eigenvalue weighted by Crippen LogP contribution is -2.15. The zero-order valence-electron chi connectivity index (χ0n) is 16.8. The zero-order valence-corrected chi connectivity index (χ0v) is 17.5. The number of nitrogens with zero attached hydrogens (tertiary/aromatic N) is 1. The van der Waals surface area contributed by atoms with Crippen LogP contribution in [0.5, 0.6) is 0 Å². The maximum Gasteiger partial charge on any atom is 0.315 e. The van der Waals surface area contributed by atoms with Crippen LogP contribution in [0.2, 0.25) is 5.02 Å². The Hall–Kier alpha value is -4.04. The number of hydrogen-bond acceptors (Lipinski definition) is 4. The SMILES string of the molecule is O=C(C=Cc1ccc(C(C(=O)O)c2ccc3ocnc3c2)c(F)c1)Nc1cccc(Cl)c1F. The number of hydrogen-bond donors (Lipinski definition) is 2. The van der Waals surface area contributed by atoms with E-state index in [1.165, 1.54) is 48.9 Å². The molecule has 1 unspecified atom stereocenters. The Kier molecular flexibility index (Phi) is 6.19. The maximum atomic E-state index is 14.9. The first-order chi connectivity index (χ1) is 15.8. The number of benzene rings is 3. The summed E-state index contributed by atoms with van der Waals surface area (Å²) in [5.74, 6) is -4.67. The summed E-state index contributed by atoms with van der Waals surface area (Å²) in [6.07, 6.45) is 3.66. The lowest BCUT2D eigenvalue weighted by atomic mass is 9.90. The predicted octanol–water partition coefficient (Wildman–Crippen LogP) is 5.63. The Morgan fingerprint density at radius 1 is 1.12 bits per heavy atom. The van der Waals surface area contributed by atoms with E-state index in [0.717, 1.165) is 12.1 Å². The number of aliphatic carboxylic acids is 1. The Labute approximate surface area is 191 Å². The highest BCUT2D eigenvalue weighted by Crippen LogP contribution is 2.30. The second kappa shape index (κ2) is 9.22. The van der Waals surface area contributed by atoms with Gasteiger partial charge in [0.05, 0.1) is 10.7 Å². The van der Waals surface area contributed by atoms with Gasteiger partial charge in [-0.15, -0.1) is 0 Å². The number of carboxylic acids is 1. The highest BCUT2D eigenvalue weighted by atomic mass is 35.5. The number of nitrogens with one attached hydrogen (secondary N) is 1. The zero-order chi connectivity index (χ0) is 23.5. The minimum atomic E-state index is -1.27. The number of fused-ring (bicyclic) bond motifs is 1. The van der Waals surface area contributed by atoms with Crippen LogP contribution in [0.25, 0.3) is 17.2 Å². The molecular formula is C24H15ClF2N2O4. The summed E-state index contributed by atoms with van der Waals surface area (Å²) in [4.78, 5) is 28.0. The highest BCUT2D eigenvalue weighted by molar-refractivity contribution is 6.31. The van der Waals surface area contributed by atoms with Crippen LogP contribution in [0.15, 0.2) is 71.5 Å². The van der Waals surface area contributed by atoms with Crippen LogP contribution in [-0.2, 0) is 9.59 Å². The molecule has 2 N–H and O–H groups in total. The number of rotatable bonds is 6. The number of carbonyl (C=O) groups is 2. The topological polar surface area (TPSA) is 92.4 Å². The van der Waals surface area contributed by atoms with Gasteiger partial charge in [0, 0.05) is 11.6 Å². The monoisotopic (exact) mass is 468 g/mol. The van der Waals surface area contributed by atoms with E-state index >= 15 is 0 Å². The molecule has 4 rings (SSSR count). The molecular weight excluding hydrogens is 454 g/mol. The molecule has 0 aliphatic rings. The van der Waals surface area contributed by atoms with Crippen molar-refractivity contribution < 1.29 is 27.9 Å². The van der Waals surface area contributed by atoms with Crippen molar-refractivity contribution >= 4 is 46.3 Å². The molecule has 1 atom stereocenters. The van der Waals surface area contributed by atoms with E-state index in [9.17, 15) is 23.5 Å². The Morgan fingerprint density at radius 2 is 1.94 bits per heavy atom. The molecule has 0 aliphatic heterocycles. The number of anilines is 1. The summed E-state index contributed by atoms with van der Waals surface area (Å²) in [6.45, 7) is 0. The van der Waals surface area contributed by atoms with E-state index in [1.54, 1.807) is 12.1 Å². The molecule has 4 aromatic rings. The third kappa shape index (κ3) is 4.75. The van der Waals surface area contributed by atoms with Crippen molar-refractivity contribution in [3.05, 3.63) is 100 Å². The molecule has 1 heterocycles. The van der Waals surface area contributed by atoms with Gasteiger partial charge in [-0.1, -0.05) is 35.9 Å². The molecule has 1 aromatic heterocycles. The summed E-state index contributed by atoms with van der Waals surface area (Å²) in [5, 5.41) is 11.9. The molecule has 1 amide bonds. The maximum absolute atomic E-state index is 14.9. The van der Waals surface area contributed by atoms with Crippen LogP contribution >= 0.6 is 11.6 Å². The number of carbonyl (C=O) groups excluding carboxylic acids is 1. The number of oxazole rings is 1. The van der Waals surface area contributed by atoms with Crippen LogP contribution in [-0.4, -0.2) is 22.0 Å². The number of amides is 1. The average molecular weight is 469 g/mol. The van der Waals surface area contributed by atoms with Crippen LogP contribution in [0.1, 0.15) is 22.6 Å². The van der Waals surface area contributed by atoms with Crippen molar-refractivity contribution in [1.29, 1.82) is 0 Å². The summed E-state index contributed by atoms with van der Waals surface area (Å²) in [7, 11) is 0. The van der Waals surface area contributed by atoms with Gasteiger partial charge >= 0.3 is 5.97 Å². The molecule has 0 radical (unpaired) electrons. The Bertz CT molecular complexity index is 1400. The van der Waals surface area contributed by atoms with E-state index in [0.29, 0.717) is 22.2 Å². The molecule has 3 aromatic carbocycles. The second-order valence-corrected chi connectivity index (χ2v) is 7.46. The van der Waals surface area contributed by atoms with Gasteiger partial charge in [-0.2, -0.15) is 0 Å². The van der Waals surface area contributed by atoms with E-state index in [1.807, 2.05) is 0 Å². The van der Waals surface area contributed by atoms with Gasteiger partial charge in [0.1, 0.15) is 17.3 Å². The number of aromatic nitrogens is 1. The summed E-state index contributed by atoms with van der Waals surface area (Å²) >= 11 is 5.68. The number of carboxylic acid groups (broad SMARTS) is 1. The van der Waals surface area contributed by atoms with Crippen molar-refractivity contribution in [2.24, 2.45) is 0 Å². The van der Waals surface area contributed by atoms with Crippen LogP contribution in [0.4, 0.5) is 14.5 Å². The largest absolute Gasteiger partial charge is 0.481 e. The minimum absolute atomic E-state index is 0.0482. The summed E-state index contributed by atoms with van der Waals surface area (Å²) in [6, 6.07) is 12.8. The minimum Gasteiger partial charge on any atom is -0.481 e. The molecule has 0 spiro atoms. The first-order valence-corrected chi connectivity index (χ1v) is 10.00. The first-order valence-electron chi connectivity index (χ1n) is 9.62. The van der Waals surface area contributed by atoms with E-state index in [2.05, 4.69) is 10.3 Å². The van der Waals surface area contributed by atoms with Gasteiger partial charge in [-0.25, -0.2) is 13.8 Å². The average Bonchev–Trinajstić information content (AvgIpc) is 3.25. The van der Waals surface area contributed by atoms with Crippen molar-refractivity contribution in [2.45, 2.75) is 5.92 Å². The fourth-order valence-corrected chi connectivity index (χ4v) is 3.51. The van der Waals surface area contributed by atoms with Crippen molar-refractivity contribution in [2.75, 3.05) is 5.32 Å². The van der Waals surface area contributed by atoms with Crippen molar-refractivity contribution in [3.63, 3.8) is 0 Å².